The number of fused-ring (bicyclic) bond motifs is 1. The molecule has 0 aliphatic rings. The number of carbonyl (C=O) groups excluding carboxylic acids is 1. The number of hydrogen-bond donors (Lipinski definition) is 0. The predicted molar refractivity (Wildman–Crippen MR) is 101 cm³/mol. The highest BCUT2D eigenvalue weighted by Crippen LogP contribution is 2.27. The van der Waals surface area contributed by atoms with Gasteiger partial charge in [0.05, 0.1) is 17.4 Å². The zero-order chi connectivity index (χ0) is 16.4. The first-order chi connectivity index (χ1) is 11.2. The third kappa shape index (κ3) is 3.05. The molecule has 3 aromatic rings. The Morgan fingerprint density at radius 2 is 2.04 bits per heavy atom. The summed E-state index contributed by atoms with van der Waals surface area (Å²) in [6.45, 7) is 2.76. The molecule has 4 nitrogen and oxygen atoms in total. The molecule has 0 atom stereocenters. The van der Waals surface area contributed by atoms with Gasteiger partial charge in [-0.15, -0.1) is 0 Å². The zero-order valence-corrected chi connectivity index (χ0v) is 15.7. The topological polar surface area (TPSA) is 43.6 Å². The highest BCUT2D eigenvalue weighted by Gasteiger charge is 2.13. The molecular weight excluding hydrogens is 423 g/mol. The summed E-state index contributed by atoms with van der Waals surface area (Å²) >= 11 is 3.66. The molecule has 0 aliphatic carbocycles. The number of carbonyl (C=O) groups is 1. The summed E-state index contributed by atoms with van der Waals surface area (Å²) in [6, 6.07) is 13.4. The summed E-state index contributed by atoms with van der Waals surface area (Å²) in [5.74, 6) is 0.575. The predicted octanol–water partition coefficient (Wildman–Crippen LogP) is 4.08. The molecule has 6 heteroatoms. The number of benzene rings is 2. The minimum Gasteiger partial charge on any atom is -0.495 e. The minimum atomic E-state index is -0.220. The van der Waals surface area contributed by atoms with Crippen LogP contribution in [0.25, 0.3) is 10.2 Å². The standard InChI is InChI=1S/C17H15IN2O2S/c1-3-20-15-13(22-2)9-6-10-14(15)23-17(20)19-16(21)11-7-4-5-8-12(11)18/h4-10H,3H2,1-2H3. The quantitative estimate of drug-likeness (QED) is 0.579. The van der Waals surface area contributed by atoms with Gasteiger partial charge < -0.3 is 9.30 Å². The number of aromatic nitrogens is 1. The Bertz CT molecular complexity index is 943. The van der Waals surface area contributed by atoms with E-state index in [-0.39, 0.29) is 5.91 Å². The molecule has 118 valence electrons. The van der Waals surface area contributed by atoms with E-state index >= 15 is 0 Å². The number of rotatable bonds is 3. The zero-order valence-electron chi connectivity index (χ0n) is 12.7. The van der Waals surface area contributed by atoms with Crippen molar-refractivity contribution in [1.29, 1.82) is 0 Å². The molecule has 1 heterocycles. The van der Waals surface area contributed by atoms with E-state index in [0.717, 1.165) is 26.1 Å². The highest BCUT2D eigenvalue weighted by molar-refractivity contribution is 14.1. The smallest absolute Gasteiger partial charge is 0.280 e. The van der Waals surface area contributed by atoms with E-state index in [2.05, 4.69) is 27.6 Å². The van der Waals surface area contributed by atoms with Crippen LogP contribution in [-0.4, -0.2) is 17.6 Å². The second-order valence-electron chi connectivity index (χ2n) is 4.83. The molecule has 0 saturated carbocycles. The fourth-order valence-electron chi connectivity index (χ4n) is 2.42. The molecule has 3 rings (SSSR count). The van der Waals surface area contributed by atoms with Crippen LogP contribution in [0, 0.1) is 3.57 Å². The molecule has 0 N–H and O–H groups in total. The minimum absolute atomic E-state index is 0.220. The lowest BCUT2D eigenvalue weighted by Crippen LogP contribution is -2.16. The molecule has 0 bridgehead atoms. The van der Waals surface area contributed by atoms with E-state index in [1.165, 1.54) is 11.3 Å². The molecule has 0 spiro atoms. The number of para-hydroxylation sites is 1. The fourth-order valence-corrected chi connectivity index (χ4v) is 4.15. The van der Waals surface area contributed by atoms with Crippen molar-refractivity contribution in [1.82, 2.24) is 4.57 Å². The van der Waals surface area contributed by atoms with Gasteiger partial charge in [0.2, 0.25) is 0 Å². The van der Waals surface area contributed by atoms with Crippen LogP contribution in [0.1, 0.15) is 17.3 Å². The van der Waals surface area contributed by atoms with Gasteiger partial charge in [0, 0.05) is 10.1 Å². The van der Waals surface area contributed by atoms with Crippen LogP contribution in [0.5, 0.6) is 5.75 Å². The summed E-state index contributed by atoms with van der Waals surface area (Å²) in [5.41, 5.74) is 1.61. The molecule has 2 aromatic carbocycles. The Balaban J connectivity index is 2.20. The van der Waals surface area contributed by atoms with Crippen molar-refractivity contribution in [2.75, 3.05) is 7.11 Å². The summed E-state index contributed by atoms with van der Waals surface area (Å²) < 4.78 is 9.43. The lowest BCUT2D eigenvalue weighted by Gasteiger charge is -2.05. The van der Waals surface area contributed by atoms with Gasteiger partial charge in [-0.05, 0) is 53.8 Å². The summed E-state index contributed by atoms with van der Waals surface area (Å²) in [7, 11) is 1.65. The van der Waals surface area contributed by atoms with Crippen molar-refractivity contribution in [2.45, 2.75) is 13.5 Å². The molecule has 0 radical (unpaired) electrons. The Morgan fingerprint density at radius 1 is 1.26 bits per heavy atom. The van der Waals surface area contributed by atoms with Crippen LogP contribution in [0.15, 0.2) is 47.5 Å². The lowest BCUT2D eigenvalue weighted by atomic mass is 10.2. The maximum atomic E-state index is 12.5. The number of hydrogen-bond acceptors (Lipinski definition) is 3. The maximum absolute atomic E-state index is 12.5. The van der Waals surface area contributed by atoms with Gasteiger partial charge in [0.1, 0.15) is 11.3 Å². The van der Waals surface area contributed by atoms with Crippen LogP contribution >= 0.6 is 33.9 Å². The van der Waals surface area contributed by atoms with Gasteiger partial charge in [0.25, 0.3) is 5.91 Å². The highest BCUT2D eigenvalue weighted by atomic mass is 127. The Labute approximate surface area is 151 Å². The SMILES string of the molecule is CCn1c(=NC(=O)c2ccccc2I)sc2cccc(OC)c21. The Hall–Kier alpha value is -1.67. The summed E-state index contributed by atoms with van der Waals surface area (Å²) in [6.07, 6.45) is 0. The summed E-state index contributed by atoms with van der Waals surface area (Å²) in [5, 5.41) is 0. The van der Waals surface area contributed by atoms with Crippen LogP contribution in [0.2, 0.25) is 0 Å². The molecule has 0 fully saturated rings. The number of halogens is 1. The first-order valence-corrected chi connectivity index (χ1v) is 9.05. The van der Waals surface area contributed by atoms with Gasteiger partial charge in [-0.25, -0.2) is 0 Å². The van der Waals surface area contributed by atoms with Gasteiger partial charge in [-0.2, -0.15) is 4.99 Å². The van der Waals surface area contributed by atoms with E-state index in [9.17, 15) is 4.79 Å². The van der Waals surface area contributed by atoms with Gasteiger partial charge in [-0.1, -0.05) is 29.5 Å². The average molecular weight is 438 g/mol. The molecule has 23 heavy (non-hydrogen) atoms. The number of methoxy groups -OCH3 is 1. The lowest BCUT2D eigenvalue weighted by molar-refractivity contribution is 0.0997. The number of ether oxygens (including phenoxy) is 1. The third-order valence-corrected chi connectivity index (χ3v) is 5.49. The van der Waals surface area contributed by atoms with Crippen molar-refractivity contribution < 1.29 is 9.53 Å². The summed E-state index contributed by atoms with van der Waals surface area (Å²) in [4.78, 5) is 17.6. The van der Waals surface area contributed by atoms with Crippen molar-refractivity contribution in [3.8, 4) is 5.75 Å². The molecule has 1 aromatic heterocycles. The first kappa shape index (κ1) is 16.2. The second kappa shape index (κ2) is 6.84. The van der Waals surface area contributed by atoms with E-state index in [1.54, 1.807) is 13.2 Å². The van der Waals surface area contributed by atoms with E-state index in [0.29, 0.717) is 10.4 Å². The van der Waals surface area contributed by atoms with Gasteiger partial charge in [-0.3, -0.25) is 4.79 Å². The maximum Gasteiger partial charge on any atom is 0.280 e. The Morgan fingerprint density at radius 3 is 2.74 bits per heavy atom. The van der Waals surface area contributed by atoms with Crippen molar-refractivity contribution >= 4 is 50.1 Å². The van der Waals surface area contributed by atoms with Crippen molar-refractivity contribution in [3.63, 3.8) is 0 Å². The van der Waals surface area contributed by atoms with Crippen LogP contribution in [0.4, 0.5) is 0 Å². The van der Waals surface area contributed by atoms with Crippen molar-refractivity contribution in [3.05, 3.63) is 56.4 Å². The van der Waals surface area contributed by atoms with E-state index < -0.39 is 0 Å². The van der Waals surface area contributed by atoms with Crippen LogP contribution in [-0.2, 0) is 6.54 Å². The fraction of sp³-hybridized carbons (Fsp3) is 0.176. The van der Waals surface area contributed by atoms with E-state index in [1.807, 2.05) is 47.9 Å². The normalized spacial score (nSPS) is 11.9. The third-order valence-electron chi connectivity index (χ3n) is 3.50. The molecular formula is C17H15IN2O2S. The van der Waals surface area contributed by atoms with Crippen LogP contribution in [0.3, 0.4) is 0 Å². The number of aryl methyl sites for hydroxylation is 1. The van der Waals surface area contributed by atoms with Crippen LogP contribution < -0.4 is 9.54 Å². The number of nitrogens with zero attached hydrogens (tertiary/aromatic N) is 2. The van der Waals surface area contributed by atoms with Gasteiger partial charge >= 0.3 is 0 Å². The number of thiazole rings is 1. The molecule has 1 amide bonds. The average Bonchev–Trinajstić information content (AvgIpc) is 2.92. The second-order valence-corrected chi connectivity index (χ2v) is 7.00. The monoisotopic (exact) mass is 438 g/mol. The van der Waals surface area contributed by atoms with Crippen molar-refractivity contribution in [2.24, 2.45) is 4.99 Å². The van der Waals surface area contributed by atoms with Gasteiger partial charge in [0.15, 0.2) is 4.80 Å². The van der Waals surface area contributed by atoms with E-state index in [4.69, 9.17) is 4.74 Å². The molecule has 0 unspecified atom stereocenters. The first-order valence-electron chi connectivity index (χ1n) is 7.15. The number of amides is 1. The largest absolute Gasteiger partial charge is 0.495 e. The molecule has 0 aliphatic heterocycles. The molecule has 0 saturated heterocycles. The Kier molecular flexibility index (Phi) is 4.82.